The van der Waals surface area contributed by atoms with Crippen molar-refractivity contribution in [2.24, 2.45) is 11.7 Å². The molecule has 1 atom stereocenters. The molecule has 5 heteroatoms. The second-order valence-electron chi connectivity index (χ2n) is 4.13. The summed E-state index contributed by atoms with van der Waals surface area (Å²) in [7, 11) is 0. The highest BCUT2D eigenvalue weighted by Crippen LogP contribution is 2.17. The second-order valence-corrected chi connectivity index (χ2v) is 5.11. The molecule has 0 aromatic carbocycles. The molecule has 0 saturated carbocycles. The molecule has 0 spiro atoms. The van der Waals surface area contributed by atoms with Gasteiger partial charge >= 0.3 is 5.97 Å². The van der Waals surface area contributed by atoms with Gasteiger partial charge < -0.3 is 15.2 Å². The Kier molecular flexibility index (Phi) is 6.18. The van der Waals surface area contributed by atoms with Crippen LogP contribution in [0.2, 0.25) is 0 Å². The number of carbonyl (C=O) groups excluding carboxylic acids is 1. The summed E-state index contributed by atoms with van der Waals surface area (Å²) in [5, 5.41) is 1.88. The van der Waals surface area contributed by atoms with E-state index in [1.807, 2.05) is 17.5 Å². The number of rotatable bonds is 7. The van der Waals surface area contributed by atoms with Crippen LogP contribution in [0, 0.1) is 5.92 Å². The number of nitrogens with two attached hydrogens (primary N) is 1. The van der Waals surface area contributed by atoms with Gasteiger partial charge in [0.25, 0.3) is 0 Å². The third-order valence-electron chi connectivity index (χ3n) is 2.03. The van der Waals surface area contributed by atoms with Gasteiger partial charge in [0.05, 0.1) is 6.61 Å². The molecular weight excluding hydrogens is 238 g/mol. The Morgan fingerprint density at radius 2 is 2.24 bits per heavy atom. The maximum absolute atomic E-state index is 11.5. The Bertz CT molecular complexity index is 325. The smallest absolute Gasteiger partial charge is 0.328 e. The summed E-state index contributed by atoms with van der Waals surface area (Å²) in [5.41, 5.74) is 5.74. The van der Waals surface area contributed by atoms with E-state index < -0.39 is 12.0 Å². The minimum absolute atomic E-state index is 0.255. The monoisotopic (exact) mass is 257 g/mol. The van der Waals surface area contributed by atoms with Crippen LogP contribution in [0.3, 0.4) is 0 Å². The van der Waals surface area contributed by atoms with Gasteiger partial charge in [-0.25, -0.2) is 4.79 Å². The Morgan fingerprint density at radius 1 is 1.47 bits per heavy atom. The van der Waals surface area contributed by atoms with E-state index in [2.05, 4.69) is 13.8 Å². The SMILES string of the molecule is CC(C)COCCOC(=O)C(N)c1cccs1. The standard InChI is InChI=1S/C12H19NO3S/c1-9(2)8-15-5-6-16-12(14)11(13)10-4-3-7-17-10/h3-4,7,9,11H,5-6,8,13H2,1-2H3. The lowest BCUT2D eigenvalue weighted by Crippen LogP contribution is -2.24. The number of hydrogen-bond acceptors (Lipinski definition) is 5. The van der Waals surface area contributed by atoms with E-state index in [9.17, 15) is 4.79 Å². The molecule has 0 amide bonds. The molecule has 0 aliphatic carbocycles. The van der Waals surface area contributed by atoms with Crippen molar-refractivity contribution in [1.29, 1.82) is 0 Å². The minimum Gasteiger partial charge on any atom is -0.462 e. The quantitative estimate of drug-likeness (QED) is 0.599. The summed E-state index contributed by atoms with van der Waals surface area (Å²) in [6.45, 7) is 5.48. The predicted molar refractivity (Wildman–Crippen MR) is 67.9 cm³/mol. The first kappa shape index (κ1) is 14.2. The Balaban J connectivity index is 2.17. The molecule has 96 valence electrons. The molecule has 0 aliphatic heterocycles. The number of ether oxygens (including phenoxy) is 2. The maximum Gasteiger partial charge on any atom is 0.328 e. The summed E-state index contributed by atoms with van der Waals surface area (Å²) in [5.74, 6) is 0.0830. The van der Waals surface area contributed by atoms with Crippen LogP contribution in [0.4, 0.5) is 0 Å². The van der Waals surface area contributed by atoms with Gasteiger partial charge in [0.15, 0.2) is 0 Å². The van der Waals surface area contributed by atoms with E-state index >= 15 is 0 Å². The van der Waals surface area contributed by atoms with Crippen LogP contribution in [0.15, 0.2) is 17.5 Å². The molecule has 0 aliphatic rings. The maximum atomic E-state index is 11.5. The summed E-state index contributed by atoms with van der Waals surface area (Å²) >= 11 is 1.45. The molecule has 1 unspecified atom stereocenters. The largest absolute Gasteiger partial charge is 0.462 e. The Morgan fingerprint density at radius 3 is 2.82 bits per heavy atom. The highest BCUT2D eigenvalue weighted by atomic mass is 32.1. The summed E-state index contributed by atoms with van der Waals surface area (Å²) < 4.78 is 10.3. The third-order valence-corrected chi connectivity index (χ3v) is 2.98. The zero-order valence-electron chi connectivity index (χ0n) is 10.2. The fourth-order valence-corrected chi connectivity index (χ4v) is 1.91. The number of thiophene rings is 1. The van der Waals surface area contributed by atoms with Gasteiger partial charge in [0.1, 0.15) is 12.6 Å². The second kappa shape index (κ2) is 7.42. The van der Waals surface area contributed by atoms with Crippen molar-refractivity contribution in [3.63, 3.8) is 0 Å². The van der Waals surface area contributed by atoms with E-state index in [0.29, 0.717) is 19.1 Å². The summed E-state index contributed by atoms with van der Waals surface area (Å²) in [6, 6.07) is 3.00. The van der Waals surface area contributed by atoms with E-state index in [0.717, 1.165) is 4.88 Å². The molecule has 1 rings (SSSR count). The molecule has 1 aromatic heterocycles. The highest BCUT2D eigenvalue weighted by molar-refractivity contribution is 7.10. The fourth-order valence-electron chi connectivity index (χ4n) is 1.19. The van der Waals surface area contributed by atoms with E-state index in [-0.39, 0.29) is 6.61 Å². The highest BCUT2D eigenvalue weighted by Gasteiger charge is 2.17. The molecule has 0 fully saturated rings. The topological polar surface area (TPSA) is 61.5 Å². The van der Waals surface area contributed by atoms with Crippen molar-refractivity contribution in [3.05, 3.63) is 22.4 Å². The molecule has 17 heavy (non-hydrogen) atoms. The molecular formula is C12H19NO3S. The van der Waals surface area contributed by atoms with Crippen LogP contribution in [-0.4, -0.2) is 25.8 Å². The van der Waals surface area contributed by atoms with Crippen molar-refractivity contribution in [2.45, 2.75) is 19.9 Å². The molecule has 1 aromatic rings. The van der Waals surface area contributed by atoms with E-state index in [4.69, 9.17) is 15.2 Å². The van der Waals surface area contributed by atoms with Gasteiger partial charge in [-0.3, -0.25) is 0 Å². The molecule has 0 saturated heterocycles. The average Bonchev–Trinajstić information content (AvgIpc) is 2.80. The normalized spacial score (nSPS) is 12.7. The molecule has 0 radical (unpaired) electrons. The lowest BCUT2D eigenvalue weighted by atomic mass is 10.2. The number of hydrogen-bond donors (Lipinski definition) is 1. The van der Waals surface area contributed by atoms with Gasteiger partial charge in [-0.1, -0.05) is 19.9 Å². The van der Waals surface area contributed by atoms with Crippen LogP contribution >= 0.6 is 11.3 Å². The molecule has 1 heterocycles. The predicted octanol–water partition coefficient (Wildman–Crippen LogP) is 1.96. The average molecular weight is 257 g/mol. The van der Waals surface area contributed by atoms with E-state index in [1.165, 1.54) is 11.3 Å². The van der Waals surface area contributed by atoms with Crippen LogP contribution in [0.5, 0.6) is 0 Å². The van der Waals surface area contributed by atoms with Gasteiger partial charge in [-0.05, 0) is 17.4 Å². The van der Waals surface area contributed by atoms with Gasteiger partial charge in [-0.2, -0.15) is 0 Å². The van der Waals surface area contributed by atoms with Crippen LogP contribution < -0.4 is 5.73 Å². The lowest BCUT2D eigenvalue weighted by molar-refractivity contribution is -0.146. The minimum atomic E-state index is -0.680. The van der Waals surface area contributed by atoms with Gasteiger partial charge in [-0.15, -0.1) is 11.3 Å². The van der Waals surface area contributed by atoms with Crippen molar-refractivity contribution in [3.8, 4) is 0 Å². The van der Waals surface area contributed by atoms with Crippen molar-refractivity contribution in [1.82, 2.24) is 0 Å². The molecule has 4 nitrogen and oxygen atoms in total. The molecule has 0 bridgehead atoms. The first-order valence-corrected chi connectivity index (χ1v) is 6.52. The number of carbonyl (C=O) groups is 1. The Hall–Kier alpha value is -0.910. The van der Waals surface area contributed by atoms with Crippen LogP contribution in [-0.2, 0) is 14.3 Å². The molecule has 2 N–H and O–H groups in total. The van der Waals surface area contributed by atoms with Crippen molar-refractivity contribution in [2.75, 3.05) is 19.8 Å². The fraction of sp³-hybridized carbons (Fsp3) is 0.583. The Labute approximate surface area is 106 Å². The van der Waals surface area contributed by atoms with E-state index in [1.54, 1.807) is 0 Å². The van der Waals surface area contributed by atoms with Crippen LogP contribution in [0.25, 0.3) is 0 Å². The summed E-state index contributed by atoms with van der Waals surface area (Å²) in [4.78, 5) is 12.4. The zero-order chi connectivity index (χ0) is 12.7. The third kappa shape index (κ3) is 5.30. The first-order valence-electron chi connectivity index (χ1n) is 5.64. The van der Waals surface area contributed by atoms with Crippen molar-refractivity contribution >= 4 is 17.3 Å². The van der Waals surface area contributed by atoms with Crippen LogP contribution in [0.1, 0.15) is 24.8 Å². The van der Waals surface area contributed by atoms with Crippen molar-refractivity contribution < 1.29 is 14.3 Å². The van der Waals surface area contributed by atoms with Gasteiger partial charge in [0, 0.05) is 11.5 Å². The summed E-state index contributed by atoms with van der Waals surface area (Å²) in [6.07, 6.45) is 0. The number of esters is 1. The lowest BCUT2D eigenvalue weighted by Gasteiger charge is -2.10. The zero-order valence-corrected chi connectivity index (χ0v) is 11.0. The van der Waals surface area contributed by atoms with Gasteiger partial charge in [0.2, 0.25) is 0 Å². The first-order chi connectivity index (χ1) is 8.11.